The van der Waals surface area contributed by atoms with Gasteiger partial charge < -0.3 is 9.84 Å². The smallest absolute Gasteiger partial charge is 0.0955 e. The van der Waals surface area contributed by atoms with Crippen molar-refractivity contribution in [1.29, 1.82) is 0 Å². The molecule has 1 aliphatic rings. The van der Waals surface area contributed by atoms with Gasteiger partial charge in [0, 0.05) is 17.2 Å². The second-order valence-electron chi connectivity index (χ2n) is 6.21. The topological polar surface area (TPSA) is 42.4 Å². The fourth-order valence-corrected chi connectivity index (χ4v) is 3.25. The Labute approximate surface area is 113 Å². The van der Waals surface area contributed by atoms with Gasteiger partial charge in [0.1, 0.15) is 0 Å². The normalized spacial score (nSPS) is 26.5. The number of aliphatic hydroxyl groups is 1. The van der Waals surface area contributed by atoms with E-state index in [0.717, 1.165) is 23.5 Å². The molecule has 1 fully saturated rings. The van der Waals surface area contributed by atoms with Crippen LogP contribution in [-0.2, 0) is 16.6 Å². The van der Waals surface area contributed by atoms with Gasteiger partial charge in [-0.25, -0.2) is 4.98 Å². The van der Waals surface area contributed by atoms with Crippen molar-refractivity contribution < 1.29 is 9.84 Å². The maximum Gasteiger partial charge on any atom is 0.0955 e. The third kappa shape index (κ3) is 3.31. The summed E-state index contributed by atoms with van der Waals surface area (Å²) in [7, 11) is 0. The molecule has 1 aromatic heterocycles. The minimum absolute atomic E-state index is 0.0120. The predicted octanol–water partition coefficient (Wildman–Crippen LogP) is 2.91. The summed E-state index contributed by atoms with van der Waals surface area (Å²) in [5, 5.41) is 13.3. The zero-order valence-electron chi connectivity index (χ0n) is 11.6. The molecule has 0 amide bonds. The van der Waals surface area contributed by atoms with Gasteiger partial charge in [0.05, 0.1) is 29.0 Å². The highest BCUT2D eigenvalue weighted by molar-refractivity contribution is 7.09. The van der Waals surface area contributed by atoms with Crippen molar-refractivity contribution in [3.63, 3.8) is 0 Å². The van der Waals surface area contributed by atoms with Crippen molar-refractivity contribution in [3.05, 3.63) is 16.1 Å². The number of aliphatic hydroxyl groups excluding tert-OH is 1. The van der Waals surface area contributed by atoms with Crippen LogP contribution in [0.5, 0.6) is 0 Å². The summed E-state index contributed by atoms with van der Waals surface area (Å²) in [5.41, 5.74) is 1.19. The Morgan fingerprint density at radius 1 is 1.50 bits per heavy atom. The van der Waals surface area contributed by atoms with Crippen molar-refractivity contribution in [3.8, 4) is 0 Å². The average Bonchev–Trinajstić information content (AvgIpc) is 2.85. The lowest BCUT2D eigenvalue weighted by atomic mass is 9.93. The molecule has 0 aromatic carbocycles. The Morgan fingerprint density at radius 2 is 2.22 bits per heavy atom. The molecule has 1 aliphatic heterocycles. The number of nitrogens with zero attached hydrogens (tertiary/aromatic N) is 1. The number of aromatic nitrogens is 1. The summed E-state index contributed by atoms with van der Waals surface area (Å²) in [4.78, 5) is 4.61. The Bertz CT molecular complexity index is 397. The number of hydrogen-bond acceptors (Lipinski definition) is 4. The van der Waals surface area contributed by atoms with Gasteiger partial charge in [0.2, 0.25) is 0 Å². The van der Waals surface area contributed by atoms with E-state index < -0.39 is 6.10 Å². The maximum atomic E-state index is 10.2. The second-order valence-corrected chi connectivity index (χ2v) is 7.15. The van der Waals surface area contributed by atoms with Gasteiger partial charge in [0.15, 0.2) is 0 Å². The van der Waals surface area contributed by atoms with Crippen molar-refractivity contribution in [2.75, 3.05) is 0 Å². The molecule has 0 radical (unpaired) electrons. The number of thiazole rings is 1. The fourth-order valence-electron chi connectivity index (χ4n) is 2.18. The summed E-state index contributed by atoms with van der Waals surface area (Å²) in [5.74, 6) is 0. The molecule has 0 spiro atoms. The molecule has 2 rings (SSSR count). The summed E-state index contributed by atoms with van der Waals surface area (Å²) in [6.45, 7) is 8.53. The molecule has 4 heteroatoms. The van der Waals surface area contributed by atoms with Gasteiger partial charge in [-0.3, -0.25) is 0 Å². The maximum absolute atomic E-state index is 10.2. The van der Waals surface area contributed by atoms with Crippen molar-refractivity contribution in [2.24, 2.45) is 0 Å². The lowest BCUT2D eigenvalue weighted by molar-refractivity contribution is -0.0278. The van der Waals surface area contributed by atoms with Crippen LogP contribution in [0, 0.1) is 0 Å². The fraction of sp³-hybridized carbons (Fsp3) is 0.786. The lowest BCUT2D eigenvalue weighted by Crippen LogP contribution is -2.28. The molecule has 18 heavy (non-hydrogen) atoms. The highest BCUT2D eigenvalue weighted by atomic mass is 32.1. The molecule has 3 unspecified atom stereocenters. The van der Waals surface area contributed by atoms with E-state index in [1.54, 1.807) is 11.3 Å². The van der Waals surface area contributed by atoms with E-state index in [-0.39, 0.29) is 17.6 Å². The van der Waals surface area contributed by atoms with Crippen LogP contribution in [0.1, 0.15) is 51.2 Å². The van der Waals surface area contributed by atoms with Crippen molar-refractivity contribution in [1.82, 2.24) is 4.98 Å². The van der Waals surface area contributed by atoms with Gasteiger partial charge in [-0.05, 0) is 19.8 Å². The van der Waals surface area contributed by atoms with E-state index in [0.29, 0.717) is 6.42 Å². The molecule has 1 saturated heterocycles. The quantitative estimate of drug-likeness (QED) is 0.917. The highest BCUT2D eigenvalue weighted by Gasteiger charge is 2.29. The molecule has 3 nitrogen and oxygen atoms in total. The summed E-state index contributed by atoms with van der Waals surface area (Å²) in [6, 6.07) is 0. The third-order valence-electron chi connectivity index (χ3n) is 3.40. The van der Waals surface area contributed by atoms with Gasteiger partial charge in [-0.1, -0.05) is 20.8 Å². The van der Waals surface area contributed by atoms with Gasteiger partial charge in [-0.15, -0.1) is 11.3 Å². The molecule has 3 atom stereocenters. The Morgan fingerprint density at radius 3 is 2.72 bits per heavy atom. The first-order chi connectivity index (χ1) is 8.36. The van der Waals surface area contributed by atoms with E-state index in [1.165, 1.54) is 0 Å². The zero-order valence-corrected chi connectivity index (χ0v) is 12.5. The first-order valence-corrected chi connectivity index (χ1v) is 7.52. The molecular formula is C14H23NO2S. The third-order valence-corrected chi connectivity index (χ3v) is 4.27. The minimum atomic E-state index is -0.422. The summed E-state index contributed by atoms with van der Waals surface area (Å²) < 4.78 is 5.70. The number of hydrogen-bond donors (Lipinski definition) is 1. The molecule has 0 saturated carbocycles. The lowest BCUT2D eigenvalue weighted by Gasteiger charge is -2.17. The van der Waals surface area contributed by atoms with E-state index >= 15 is 0 Å². The van der Waals surface area contributed by atoms with E-state index in [9.17, 15) is 5.11 Å². The SMILES string of the molecule is CC1CCC(C(O)Cc2nc(C(C)(C)C)cs2)O1. The van der Waals surface area contributed by atoms with Crippen molar-refractivity contribution >= 4 is 11.3 Å². The Hall–Kier alpha value is -0.450. The van der Waals surface area contributed by atoms with Crippen molar-refractivity contribution in [2.45, 2.75) is 70.7 Å². The van der Waals surface area contributed by atoms with Gasteiger partial charge in [0.25, 0.3) is 0 Å². The average molecular weight is 269 g/mol. The van der Waals surface area contributed by atoms with Gasteiger partial charge in [-0.2, -0.15) is 0 Å². The van der Waals surface area contributed by atoms with Crippen LogP contribution in [0.15, 0.2) is 5.38 Å². The Kier molecular flexibility index (Phi) is 4.09. The molecule has 0 bridgehead atoms. The standard InChI is InChI=1S/C14H23NO2S/c1-9-5-6-11(17-9)10(16)7-13-15-12(8-18-13)14(2,3)4/h8-11,16H,5-7H2,1-4H3. The molecular weight excluding hydrogens is 246 g/mol. The van der Waals surface area contributed by atoms with E-state index in [1.807, 2.05) is 0 Å². The summed E-state index contributed by atoms with van der Waals surface area (Å²) >= 11 is 1.64. The highest BCUT2D eigenvalue weighted by Crippen LogP contribution is 2.27. The first kappa shape index (κ1) is 14.0. The molecule has 1 N–H and O–H groups in total. The van der Waals surface area contributed by atoms with Crippen LogP contribution in [0.3, 0.4) is 0 Å². The monoisotopic (exact) mass is 269 g/mol. The Balaban J connectivity index is 1.95. The van der Waals surface area contributed by atoms with Crippen LogP contribution in [0.2, 0.25) is 0 Å². The molecule has 1 aromatic rings. The second kappa shape index (κ2) is 5.27. The number of rotatable bonds is 3. The number of ether oxygens (including phenoxy) is 1. The van der Waals surface area contributed by atoms with Crippen LogP contribution in [-0.4, -0.2) is 28.4 Å². The van der Waals surface area contributed by atoms with Crippen LogP contribution >= 0.6 is 11.3 Å². The zero-order chi connectivity index (χ0) is 13.3. The van der Waals surface area contributed by atoms with E-state index in [4.69, 9.17) is 4.74 Å². The van der Waals surface area contributed by atoms with Crippen LogP contribution in [0.25, 0.3) is 0 Å². The summed E-state index contributed by atoms with van der Waals surface area (Å²) in [6.07, 6.45) is 2.46. The molecule has 0 aliphatic carbocycles. The van der Waals surface area contributed by atoms with Gasteiger partial charge >= 0.3 is 0 Å². The molecule has 2 heterocycles. The van der Waals surface area contributed by atoms with Crippen LogP contribution in [0.4, 0.5) is 0 Å². The minimum Gasteiger partial charge on any atom is -0.390 e. The predicted molar refractivity (Wildman–Crippen MR) is 74.1 cm³/mol. The van der Waals surface area contributed by atoms with Crippen LogP contribution < -0.4 is 0 Å². The van der Waals surface area contributed by atoms with E-state index in [2.05, 4.69) is 38.1 Å². The largest absolute Gasteiger partial charge is 0.390 e. The first-order valence-electron chi connectivity index (χ1n) is 6.64. The molecule has 102 valence electrons.